The zero-order valence-corrected chi connectivity index (χ0v) is 14.1. The first-order valence-corrected chi connectivity index (χ1v) is 9.23. The summed E-state index contributed by atoms with van der Waals surface area (Å²) < 4.78 is 5.37. The quantitative estimate of drug-likeness (QED) is 0.693. The number of hydrogen-bond acceptors (Lipinski definition) is 5. The molecule has 23 heavy (non-hydrogen) atoms. The van der Waals surface area contributed by atoms with Gasteiger partial charge >= 0.3 is 0 Å². The standard InChI is InChI=1S/C17H31N3O3/c21-16(17(22)18-15-2-3-15)14-4-8-19(9-5-14)6-1-7-20-10-12-23-13-11-20/h14-16,21H,1-13H2,(H,18,22)/t16-/m1/s1. The van der Waals surface area contributed by atoms with Crippen LogP contribution >= 0.6 is 0 Å². The van der Waals surface area contributed by atoms with Crippen LogP contribution in [0.5, 0.6) is 0 Å². The summed E-state index contributed by atoms with van der Waals surface area (Å²) in [5.41, 5.74) is 0. The van der Waals surface area contributed by atoms with Gasteiger partial charge in [0.25, 0.3) is 0 Å². The number of likely N-dealkylation sites (tertiary alicyclic amines) is 1. The Kier molecular flexibility index (Phi) is 6.28. The van der Waals surface area contributed by atoms with Crippen LogP contribution in [0.3, 0.4) is 0 Å². The molecule has 132 valence electrons. The third-order valence-electron chi connectivity index (χ3n) is 5.32. The highest BCUT2D eigenvalue weighted by Crippen LogP contribution is 2.23. The van der Waals surface area contributed by atoms with Gasteiger partial charge in [-0.1, -0.05) is 0 Å². The molecule has 3 fully saturated rings. The zero-order chi connectivity index (χ0) is 16.1. The number of ether oxygens (including phenoxy) is 1. The lowest BCUT2D eigenvalue weighted by Gasteiger charge is -2.34. The Morgan fingerprint density at radius 3 is 2.26 bits per heavy atom. The average molecular weight is 325 g/mol. The summed E-state index contributed by atoms with van der Waals surface area (Å²) in [5.74, 6) is -0.0255. The molecule has 1 aliphatic carbocycles. The molecule has 2 N–H and O–H groups in total. The summed E-state index contributed by atoms with van der Waals surface area (Å²) in [4.78, 5) is 16.9. The predicted molar refractivity (Wildman–Crippen MR) is 88.2 cm³/mol. The minimum Gasteiger partial charge on any atom is -0.383 e. The molecule has 1 amide bonds. The van der Waals surface area contributed by atoms with Crippen molar-refractivity contribution >= 4 is 5.91 Å². The monoisotopic (exact) mass is 325 g/mol. The van der Waals surface area contributed by atoms with E-state index in [9.17, 15) is 9.90 Å². The Labute approximate surface area is 139 Å². The van der Waals surface area contributed by atoms with E-state index in [0.717, 1.165) is 78.2 Å². The molecule has 0 aromatic carbocycles. The maximum absolute atomic E-state index is 11.9. The zero-order valence-electron chi connectivity index (χ0n) is 14.1. The van der Waals surface area contributed by atoms with Gasteiger partial charge in [0.05, 0.1) is 13.2 Å². The van der Waals surface area contributed by atoms with Gasteiger partial charge in [0.15, 0.2) is 0 Å². The molecule has 2 heterocycles. The van der Waals surface area contributed by atoms with Crippen LogP contribution in [0.15, 0.2) is 0 Å². The van der Waals surface area contributed by atoms with E-state index in [-0.39, 0.29) is 11.8 Å². The average Bonchev–Trinajstić information content (AvgIpc) is 3.40. The first kappa shape index (κ1) is 17.1. The van der Waals surface area contributed by atoms with Crippen LogP contribution in [-0.4, -0.2) is 85.4 Å². The van der Waals surface area contributed by atoms with Crippen molar-refractivity contribution in [1.29, 1.82) is 0 Å². The lowest BCUT2D eigenvalue weighted by Crippen LogP contribution is -2.45. The molecule has 2 aliphatic heterocycles. The lowest BCUT2D eigenvalue weighted by atomic mass is 9.90. The van der Waals surface area contributed by atoms with Crippen LogP contribution in [0.1, 0.15) is 32.1 Å². The van der Waals surface area contributed by atoms with Crippen LogP contribution in [-0.2, 0) is 9.53 Å². The van der Waals surface area contributed by atoms with Gasteiger partial charge in [-0.05, 0) is 64.2 Å². The molecule has 0 aromatic rings. The second-order valence-electron chi connectivity index (χ2n) is 7.21. The number of amides is 1. The van der Waals surface area contributed by atoms with E-state index >= 15 is 0 Å². The Morgan fingerprint density at radius 1 is 1.04 bits per heavy atom. The number of carbonyl (C=O) groups is 1. The van der Waals surface area contributed by atoms with Gasteiger partial charge in [0, 0.05) is 19.1 Å². The molecule has 1 atom stereocenters. The van der Waals surface area contributed by atoms with E-state index in [1.54, 1.807) is 0 Å². The third kappa shape index (κ3) is 5.41. The number of morpholine rings is 1. The molecular formula is C17H31N3O3. The Balaban J connectivity index is 1.29. The number of piperidine rings is 1. The van der Waals surface area contributed by atoms with Gasteiger partial charge in [0.2, 0.25) is 5.91 Å². The van der Waals surface area contributed by atoms with Crippen molar-refractivity contribution in [2.45, 2.75) is 44.2 Å². The van der Waals surface area contributed by atoms with E-state index in [4.69, 9.17) is 4.74 Å². The number of carbonyl (C=O) groups excluding carboxylic acids is 1. The highest BCUT2D eigenvalue weighted by Gasteiger charge is 2.32. The number of nitrogens with zero attached hydrogens (tertiary/aromatic N) is 2. The molecule has 2 saturated heterocycles. The van der Waals surface area contributed by atoms with Gasteiger partial charge in [0.1, 0.15) is 6.10 Å². The first-order chi connectivity index (χ1) is 11.2. The summed E-state index contributed by atoms with van der Waals surface area (Å²) in [7, 11) is 0. The van der Waals surface area contributed by atoms with Gasteiger partial charge in [-0.15, -0.1) is 0 Å². The molecule has 3 aliphatic rings. The highest BCUT2D eigenvalue weighted by molar-refractivity contribution is 5.81. The van der Waals surface area contributed by atoms with Gasteiger partial charge in [-0.25, -0.2) is 0 Å². The van der Waals surface area contributed by atoms with Crippen LogP contribution in [0, 0.1) is 5.92 Å². The van der Waals surface area contributed by atoms with Crippen LogP contribution in [0.4, 0.5) is 0 Å². The SMILES string of the molecule is O=C(NC1CC1)[C@H](O)C1CCN(CCCN2CCOCC2)CC1. The maximum Gasteiger partial charge on any atom is 0.249 e. The minimum atomic E-state index is -0.814. The predicted octanol–water partition coefficient (Wildman–Crippen LogP) is 0.0602. The van der Waals surface area contributed by atoms with Gasteiger partial charge in [-0.2, -0.15) is 0 Å². The number of aliphatic hydroxyl groups is 1. The Bertz CT molecular complexity index is 375. The van der Waals surface area contributed by atoms with Crippen molar-refractivity contribution in [2.75, 3.05) is 52.5 Å². The van der Waals surface area contributed by atoms with Crippen molar-refractivity contribution in [3.05, 3.63) is 0 Å². The van der Waals surface area contributed by atoms with E-state index in [1.165, 1.54) is 6.42 Å². The van der Waals surface area contributed by atoms with Crippen LogP contribution < -0.4 is 5.32 Å². The third-order valence-corrected chi connectivity index (χ3v) is 5.32. The summed E-state index contributed by atoms with van der Waals surface area (Å²) in [6, 6.07) is 0.331. The van der Waals surface area contributed by atoms with Crippen molar-refractivity contribution in [3.63, 3.8) is 0 Å². The molecule has 0 unspecified atom stereocenters. The van der Waals surface area contributed by atoms with E-state index in [1.807, 2.05) is 0 Å². The summed E-state index contributed by atoms with van der Waals surface area (Å²) in [5, 5.41) is 13.1. The molecule has 6 nitrogen and oxygen atoms in total. The second-order valence-corrected chi connectivity index (χ2v) is 7.21. The maximum atomic E-state index is 11.9. The molecule has 1 saturated carbocycles. The van der Waals surface area contributed by atoms with Crippen molar-refractivity contribution < 1.29 is 14.6 Å². The molecule has 6 heteroatoms. The smallest absolute Gasteiger partial charge is 0.249 e. The van der Waals surface area contributed by atoms with Crippen molar-refractivity contribution in [3.8, 4) is 0 Å². The Morgan fingerprint density at radius 2 is 1.65 bits per heavy atom. The highest BCUT2D eigenvalue weighted by atomic mass is 16.5. The fourth-order valence-corrected chi connectivity index (χ4v) is 3.56. The van der Waals surface area contributed by atoms with Gasteiger partial charge < -0.3 is 20.1 Å². The summed E-state index contributed by atoms with van der Waals surface area (Å²) in [6.45, 7) is 8.13. The number of aliphatic hydroxyl groups excluding tert-OH is 1. The summed E-state index contributed by atoms with van der Waals surface area (Å²) >= 11 is 0. The molecule has 0 aromatic heterocycles. The fraction of sp³-hybridized carbons (Fsp3) is 0.941. The Hall–Kier alpha value is -0.690. The minimum absolute atomic E-state index is 0.129. The van der Waals surface area contributed by atoms with Crippen LogP contribution in [0.25, 0.3) is 0 Å². The van der Waals surface area contributed by atoms with Crippen molar-refractivity contribution in [1.82, 2.24) is 15.1 Å². The van der Waals surface area contributed by atoms with Gasteiger partial charge in [-0.3, -0.25) is 9.69 Å². The largest absolute Gasteiger partial charge is 0.383 e. The van der Waals surface area contributed by atoms with Crippen molar-refractivity contribution in [2.24, 2.45) is 5.92 Å². The number of nitrogens with one attached hydrogen (secondary N) is 1. The number of hydrogen-bond donors (Lipinski definition) is 2. The first-order valence-electron chi connectivity index (χ1n) is 9.23. The topological polar surface area (TPSA) is 65.0 Å². The van der Waals surface area contributed by atoms with Crippen LogP contribution in [0.2, 0.25) is 0 Å². The molecular weight excluding hydrogens is 294 g/mol. The number of rotatable bonds is 7. The fourth-order valence-electron chi connectivity index (χ4n) is 3.56. The molecule has 0 bridgehead atoms. The molecule has 3 rings (SSSR count). The van der Waals surface area contributed by atoms with E-state index in [2.05, 4.69) is 15.1 Å². The normalized spacial score (nSPS) is 26.1. The molecule has 0 radical (unpaired) electrons. The van der Waals surface area contributed by atoms with E-state index < -0.39 is 6.10 Å². The molecule has 0 spiro atoms. The summed E-state index contributed by atoms with van der Waals surface area (Å²) in [6.07, 6.45) is 4.37. The van der Waals surface area contributed by atoms with E-state index in [0.29, 0.717) is 6.04 Å². The second kappa shape index (κ2) is 8.42. The lowest BCUT2D eigenvalue weighted by molar-refractivity contribution is -0.133.